The second-order valence-corrected chi connectivity index (χ2v) is 9.76. The van der Waals surface area contributed by atoms with Gasteiger partial charge in [0.05, 0.1) is 24.0 Å². The molecule has 0 saturated carbocycles. The SMILES string of the molecule is Cc1cnc(C(=O)NC2CC3(CCNCC3)c3c(-c4ccc(OC(C)C)cc4)cccc32)cn1.Cl. The fourth-order valence-electron chi connectivity index (χ4n) is 5.51. The molecule has 3 aromatic rings. The van der Waals surface area contributed by atoms with Gasteiger partial charge in [-0.3, -0.25) is 9.78 Å². The number of carbonyl (C=O) groups excluding carboxylic acids is 1. The maximum atomic E-state index is 13.0. The first-order valence-electron chi connectivity index (χ1n) is 12.2. The summed E-state index contributed by atoms with van der Waals surface area (Å²) in [5.41, 5.74) is 6.23. The third kappa shape index (κ3) is 5.04. The lowest BCUT2D eigenvalue weighted by Gasteiger charge is -2.36. The van der Waals surface area contributed by atoms with Crippen LogP contribution in [0.4, 0.5) is 0 Å². The van der Waals surface area contributed by atoms with Gasteiger partial charge in [0.2, 0.25) is 0 Å². The number of nitrogens with zero attached hydrogens (tertiary/aromatic N) is 2. The van der Waals surface area contributed by atoms with E-state index in [1.54, 1.807) is 12.4 Å². The Balaban J connectivity index is 0.00000289. The Hall–Kier alpha value is -2.96. The Kier molecular flexibility index (Phi) is 7.43. The molecule has 1 fully saturated rings. The van der Waals surface area contributed by atoms with E-state index in [0.29, 0.717) is 5.69 Å². The molecule has 0 bridgehead atoms. The largest absolute Gasteiger partial charge is 0.491 e. The van der Waals surface area contributed by atoms with Crippen LogP contribution in [0.5, 0.6) is 5.75 Å². The van der Waals surface area contributed by atoms with Crippen LogP contribution in [-0.2, 0) is 5.41 Å². The zero-order valence-corrected chi connectivity index (χ0v) is 21.3. The van der Waals surface area contributed by atoms with Crippen molar-refractivity contribution >= 4 is 18.3 Å². The zero-order valence-electron chi connectivity index (χ0n) is 20.5. The standard InChI is InChI=1S/C28H32N4O2.ClH/c1-18(2)34-21-9-7-20(8-10-21)22-5-4-6-23-24(15-28(26(22)23)11-13-29-14-12-28)32-27(33)25-17-30-19(3)16-31-25;/h4-10,16-18,24,29H,11-15H2,1-3H3,(H,32,33);1H. The van der Waals surface area contributed by atoms with Crippen LogP contribution in [0.1, 0.15) is 66.5 Å². The molecule has 6 nitrogen and oxygen atoms in total. The van der Waals surface area contributed by atoms with E-state index in [2.05, 4.69) is 50.9 Å². The van der Waals surface area contributed by atoms with Crippen molar-refractivity contribution in [2.45, 2.75) is 57.6 Å². The predicted octanol–water partition coefficient (Wildman–Crippen LogP) is 5.16. The number of hydrogen-bond acceptors (Lipinski definition) is 5. The predicted molar refractivity (Wildman–Crippen MR) is 140 cm³/mol. The van der Waals surface area contributed by atoms with Crippen molar-refractivity contribution < 1.29 is 9.53 Å². The molecule has 1 aromatic heterocycles. The van der Waals surface area contributed by atoms with Crippen molar-refractivity contribution in [1.29, 1.82) is 0 Å². The van der Waals surface area contributed by atoms with Crippen molar-refractivity contribution in [3.63, 3.8) is 0 Å². The van der Waals surface area contributed by atoms with Gasteiger partial charge in [-0.05, 0) is 87.5 Å². The number of carbonyl (C=O) groups is 1. The van der Waals surface area contributed by atoms with E-state index in [0.717, 1.165) is 43.8 Å². The number of nitrogens with one attached hydrogen (secondary N) is 2. The highest BCUT2D eigenvalue weighted by Gasteiger charge is 2.46. The normalized spacial score (nSPS) is 18.1. The van der Waals surface area contributed by atoms with Crippen molar-refractivity contribution in [2.75, 3.05) is 13.1 Å². The minimum absolute atomic E-state index is 0. The first-order valence-corrected chi connectivity index (χ1v) is 12.2. The monoisotopic (exact) mass is 492 g/mol. The summed E-state index contributed by atoms with van der Waals surface area (Å²) in [6.45, 7) is 7.91. The lowest BCUT2D eigenvalue weighted by atomic mass is 9.72. The van der Waals surface area contributed by atoms with Crippen molar-refractivity contribution in [1.82, 2.24) is 20.6 Å². The van der Waals surface area contributed by atoms with Gasteiger partial charge in [-0.1, -0.05) is 30.3 Å². The summed E-state index contributed by atoms with van der Waals surface area (Å²) in [4.78, 5) is 21.6. The Morgan fingerprint density at radius 1 is 1.09 bits per heavy atom. The van der Waals surface area contributed by atoms with Crippen LogP contribution < -0.4 is 15.4 Å². The smallest absolute Gasteiger partial charge is 0.271 e. The molecule has 1 aliphatic carbocycles. The third-order valence-electron chi connectivity index (χ3n) is 7.01. The van der Waals surface area contributed by atoms with Crippen LogP contribution in [0.3, 0.4) is 0 Å². The average Bonchev–Trinajstić information content (AvgIpc) is 3.12. The third-order valence-corrected chi connectivity index (χ3v) is 7.01. The Labute approximate surface area is 213 Å². The van der Waals surface area contributed by atoms with Crippen molar-refractivity contribution in [3.8, 4) is 16.9 Å². The van der Waals surface area contributed by atoms with E-state index in [1.165, 1.54) is 22.3 Å². The number of amides is 1. The van der Waals surface area contributed by atoms with Gasteiger partial charge in [0.25, 0.3) is 5.91 Å². The molecule has 0 radical (unpaired) electrons. The molecule has 1 aliphatic heterocycles. The van der Waals surface area contributed by atoms with Crippen molar-refractivity contribution in [2.24, 2.45) is 0 Å². The molecule has 1 atom stereocenters. The van der Waals surface area contributed by atoms with Gasteiger partial charge in [0.15, 0.2) is 0 Å². The van der Waals surface area contributed by atoms with Gasteiger partial charge >= 0.3 is 0 Å². The molecule has 184 valence electrons. The van der Waals surface area contributed by atoms with Crippen molar-refractivity contribution in [3.05, 3.63) is 77.4 Å². The first kappa shape index (κ1) is 25.1. The first-order chi connectivity index (χ1) is 16.4. The summed E-state index contributed by atoms with van der Waals surface area (Å²) in [5.74, 6) is 0.710. The van der Waals surface area contributed by atoms with Gasteiger partial charge in [-0.15, -0.1) is 12.4 Å². The molecule has 2 N–H and O–H groups in total. The molecular weight excluding hydrogens is 460 g/mol. The number of aryl methyl sites for hydroxylation is 1. The Morgan fingerprint density at radius 2 is 1.83 bits per heavy atom. The molecule has 5 rings (SSSR count). The number of ether oxygens (including phenoxy) is 1. The molecule has 1 unspecified atom stereocenters. The minimum Gasteiger partial charge on any atom is -0.491 e. The maximum absolute atomic E-state index is 13.0. The molecule has 2 heterocycles. The molecule has 2 aliphatic rings. The van der Waals surface area contributed by atoms with Crippen LogP contribution >= 0.6 is 12.4 Å². The minimum atomic E-state index is -0.171. The Bertz CT molecular complexity index is 1170. The summed E-state index contributed by atoms with van der Waals surface area (Å²) in [6, 6.07) is 14.9. The topological polar surface area (TPSA) is 76.1 Å². The summed E-state index contributed by atoms with van der Waals surface area (Å²) in [6.07, 6.45) is 6.35. The lowest BCUT2D eigenvalue weighted by molar-refractivity contribution is 0.0926. The quantitative estimate of drug-likeness (QED) is 0.514. The number of fused-ring (bicyclic) bond motifs is 2. The van der Waals surface area contributed by atoms with Crippen LogP contribution in [0.25, 0.3) is 11.1 Å². The summed E-state index contributed by atoms with van der Waals surface area (Å²) in [7, 11) is 0. The van der Waals surface area contributed by atoms with E-state index in [1.807, 2.05) is 32.9 Å². The van der Waals surface area contributed by atoms with E-state index in [9.17, 15) is 4.79 Å². The van der Waals surface area contributed by atoms with E-state index >= 15 is 0 Å². The van der Waals surface area contributed by atoms with Crippen LogP contribution in [0.15, 0.2) is 54.9 Å². The molecule has 35 heavy (non-hydrogen) atoms. The second kappa shape index (κ2) is 10.3. The van der Waals surface area contributed by atoms with Gasteiger partial charge in [0, 0.05) is 11.6 Å². The number of benzene rings is 2. The number of halogens is 1. The second-order valence-electron chi connectivity index (χ2n) is 9.76. The number of piperidine rings is 1. The number of rotatable bonds is 5. The Morgan fingerprint density at radius 3 is 2.49 bits per heavy atom. The molecule has 7 heteroatoms. The van der Waals surface area contributed by atoms with Gasteiger partial charge in [-0.2, -0.15) is 0 Å². The van der Waals surface area contributed by atoms with Crippen LogP contribution in [0.2, 0.25) is 0 Å². The van der Waals surface area contributed by atoms with E-state index in [-0.39, 0.29) is 35.9 Å². The highest BCUT2D eigenvalue weighted by atomic mass is 35.5. The van der Waals surface area contributed by atoms with Gasteiger partial charge in [-0.25, -0.2) is 4.98 Å². The molecule has 1 amide bonds. The summed E-state index contributed by atoms with van der Waals surface area (Å²) < 4.78 is 5.85. The van der Waals surface area contributed by atoms with Crippen LogP contribution in [-0.4, -0.2) is 35.1 Å². The number of hydrogen-bond donors (Lipinski definition) is 2. The molecule has 1 spiro atoms. The zero-order chi connectivity index (χ0) is 23.7. The average molecular weight is 493 g/mol. The fourth-order valence-corrected chi connectivity index (χ4v) is 5.51. The van der Waals surface area contributed by atoms with Gasteiger partial charge in [0.1, 0.15) is 11.4 Å². The van der Waals surface area contributed by atoms with E-state index < -0.39 is 0 Å². The van der Waals surface area contributed by atoms with E-state index in [4.69, 9.17) is 4.74 Å². The maximum Gasteiger partial charge on any atom is 0.271 e. The number of aromatic nitrogens is 2. The molecule has 2 aromatic carbocycles. The molecular formula is C28H33ClN4O2. The fraction of sp³-hybridized carbons (Fsp3) is 0.393. The lowest BCUT2D eigenvalue weighted by Crippen LogP contribution is -2.39. The summed E-state index contributed by atoms with van der Waals surface area (Å²) >= 11 is 0. The highest BCUT2D eigenvalue weighted by Crippen LogP contribution is 2.53. The molecule has 1 saturated heterocycles. The highest BCUT2D eigenvalue weighted by molar-refractivity contribution is 5.92. The van der Waals surface area contributed by atoms with Crippen LogP contribution in [0, 0.1) is 6.92 Å². The summed E-state index contributed by atoms with van der Waals surface area (Å²) in [5, 5.41) is 6.79. The van der Waals surface area contributed by atoms with Gasteiger partial charge < -0.3 is 15.4 Å².